The molecule has 0 bridgehead atoms. The van der Waals surface area contributed by atoms with Crippen molar-refractivity contribution in [3.05, 3.63) is 82.0 Å². The van der Waals surface area contributed by atoms with E-state index in [1.807, 2.05) is 10.6 Å². The minimum Gasteiger partial charge on any atom is -0.466 e. The number of rotatable bonds is 12. The Kier molecular flexibility index (Phi) is 7.74. The summed E-state index contributed by atoms with van der Waals surface area (Å²) >= 11 is 6.00. The highest BCUT2D eigenvalue weighted by Crippen LogP contribution is 2.40. The number of ether oxygens (including phenoxy) is 1. The number of pyridine rings is 1. The lowest BCUT2D eigenvalue weighted by atomic mass is 10.0. The van der Waals surface area contributed by atoms with Crippen LogP contribution in [0.3, 0.4) is 0 Å². The molecule has 0 aliphatic heterocycles. The van der Waals surface area contributed by atoms with Crippen molar-refractivity contribution in [3.63, 3.8) is 0 Å². The second-order valence-electron chi connectivity index (χ2n) is 10.2. The van der Waals surface area contributed by atoms with Gasteiger partial charge in [-0.15, -0.1) is 10.2 Å². The highest BCUT2D eigenvalue weighted by atomic mass is 35.5. The lowest BCUT2D eigenvalue weighted by Crippen LogP contribution is -2.08. The number of aryl methyl sites for hydroxylation is 1. The maximum atomic E-state index is 14.9. The van der Waals surface area contributed by atoms with Gasteiger partial charge in [-0.05, 0) is 72.2 Å². The molecule has 0 N–H and O–H groups in total. The van der Waals surface area contributed by atoms with Crippen molar-refractivity contribution in [1.29, 1.82) is 0 Å². The van der Waals surface area contributed by atoms with Gasteiger partial charge in [-0.1, -0.05) is 22.9 Å². The number of halogens is 2. The average Bonchev–Trinajstić information content (AvgIpc) is 3.33. The van der Waals surface area contributed by atoms with Crippen molar-refractivity contribution in [3.8, 4) is 5.69 Å². The van der Waals surface area contributed by atoms with Crippen molar-refractivity contribution in [1.82, 2.24) is 44.6 Å². The molecule has 42 heavy (non-hydrogen) atoms. The number of imidazole rings is 1. The van der Waals surface area contributed by atoms with Crippen molar-refractivity contribution in [2.24, 2.45) is 0 Å². The first-order valence-corrected chi connectivity index (χ1v) is 14.1. The van der Waals surface area contributed by atoms with E-state index in [4.69, 9.17) is 21.3 Å². The van der Waals surface area contributed by atoms with Gasteiger partial charge in [0.25, 0.3) is 0 Å². The fourth-order valence-corrected chi connectivity index (χ4v) is 5.13. The number of esters is 1. The molecule has 1 saturated carbocycles. The number of Topliss-reactive ketones (excluding diaryl/α,β-unsaturated/α-hetero) is 1. The summed E-state index contributed by atoms with van der Waals surface area (Å²) in [4.78, 5) is 29.8. The van der Waals surface area contributed by atoms with Gasteiger partial charge in [-0.25, -0.2) is 18.7 Å². The van der Waals surface area contributed by atoms with Crippen molar-refractivity contribution >= 4 is 29.0 Å². The Labute approximate surface area is 244 Å². The number of aromatic nitrogens is 9. The third-order valence-electron chi connectivity index (χ3n) is 7.17. The fraction of sp³-hybridized carbons (Fsp3) is 0.357. The van der Waals surface area contributed by atoms with E-state index in [0.29, 0.717) is 31.2 Å². The number of fused-ring (bicyclic) bond motifs is 1. The zero-order valence-corrected chi connectivity index (χ0v) is 23.5. The van der Waals surface area contributed by atoms with Crippen LogP contribution in [0.15, 0.2) is 43.1 Å². The van der Waals surface area contributed by atoms with Crippen molar-refractivity contribution in [2.75, 3.05) is 6.61 Å². The highest BCUT2D eigenvalue weighted by Gasteiger charge is 2.25. The maximum Gasteiger partial charge on any atom is 0.306 e. The molecule has 0 unspecified atom stereocenters. The monoisotopic (exact) mass is 591 g/mol. The van der Waals surface area contributed by atoms with Crippen molar-refractivity contribution in [2.45, 2.75) is 57.9 Å². The fourth-order valence-electron chi connectivity index (χ4n) is 4.96. The second-order valence-corrected chi connectivity index (χ2v) is 10.6. The van der Waals surface area contributed by atoms with Gasteiger partial charge in [-0.3, -0.25) is 9.59 Å². The van der Waals surface area contributed by atoms with E-state index < -0.39 is 5.82 Å². The summed E-state index contributed by atoms with van der Waals surface area (Å²) < 4.78 is 24.8. The minimum atomic E-state index is -0.626. The van der Waals surface area contributed by atoms with Crippen LogP contribution < -0.4 is 0 Å². The summed E-state index contributed by atoms with van der Waals surface area (Å²) in [6.07, 6.45) is 10.1. The van der Waals surface area contributed by atoms with Crippen LogP contribution in [0.2, 0.25) is 5.02 Å². The number of hydrogen-bond acceptors (Lipinski definition) is 9. The van der Waals surface area contributed by atoms with E-state index in [-0.39, 0.29) is 47.3 Å². The Morgan fingerprint density at radius 1 is 1.12 bits per heavy atom. The molecule has 12 nitrogen and oxygen atoms in total. The Bertz CT molecular complexity index is 1760. The lowest BCUT2D eigenvalue weighted by Gasteiger charge is -2.10. The van der Waals surface area contributed by atoms with Crippen LogP contribution >= 0.6 is 11.6 Å². The molecular weight excluding hydrogens is 565 g/mol. The van der Waals surface area contributed by atoms with Crippen LogP contribution in [0.4, 0.5) is 4.39 Å². The predicted molar refractivity (Wildman–Crippen MR) is 148 cm³/mol. The van der Waals surface area contributed by atoms with Crippen molar-refractivity contribution < 1.29 is 18.7 Å². The quantitative estimate of drug-likeness (QED) is 0.156. The third kappa shape index (κ3) is 5.91. The standard InChI is InChI=1S/C28H27ClFN9O3/c1-2-42-26(41)10-5-18-11-19(17-3-4-17)12-37-13-20(32-28(18)37)14-38-15-23(33-35-38)25(40)9-6-21-24(39-16-31-34-36-39)8-7-22(29)27(21)30/h7-8,11-13,15-17H,2-6,9-10,14H2,1H3. The zero-order chi connectivity index (χ0) is 29.2. The van der Waals surface area contributed by atoms with E-state index in [2.05, 4.69) is 38.1 Å². The van der Waals surface area contributed by atoms with E-state index in [1.165, 1.54) is 22.6 Å². The van der Waals surface area contributed by atoms with Gasteiger partial charge in [0.15, 0.2) is 5.78 Å². The Hall–Kier alpha value is -4.52. The number of ketones is 1. The van der Waals surface area contributed by atoms with Gasteiger partial charge in [-0.2, -0.15) is 0 Å². The summed E-state index contributed by atoms with van der Waals surface area (Å²) in [5.74, 6) is -0.619. The normalized spacial score (nSPS) is 13.1. The Morgan fingerprint density at radius 3 is 2.74 bits per heavy atom. The van der Waals surface area contributed by atoms with Crippen LogP contribution in [0, 0.1) is 5.82 Å². The molecule has 1 aromatic carbocycles. The van der Waals surface area contributed by atoms with E-state index in [9.17, 15) is 14.0 Å². The van der Waals surface area contributed by atoms with Gasteiger partial charge in [0.05, 0.1) is 35.8 Å². The summed E-state index contributed by atoms with van der Waals surface area (Å²) in [7, 11) is 0. The molecule has 0 amide bonds. The second kappa shape index (κ2) is 11.8. The zero-order valence-electron chi connectivity index (χ0n) is 22.8. The molecule has 0 radical (unpaired) electrons. The van der Waals surface area contributed by atoms with E-state index in [1.54, 1.807) is 23.9 Å². The Balaban J connectivity index is 1.16. The SMILES string of the molecule is CCOC(=O)CCc1cc(C2CC2)cn2cc(Cn3cc(C(=O)CCc4c(-n5cnnn5)ccc(Cl)c4F)nn3)nc12. The first kappa shape index (κ1) is 27.6. The molecule has 0 atom stereocenters. The summed E-state index contributed by atoms with van der Waals surface area (Å²) in [6, 6.07) is 5.16. The first-order chi connectivity index (χ1) is 20.4. The van der Waals surface area contributed by atoms with Crippen LogP contribution in [-0.2, 0) is 28.9 Å². The number of hydrogen-bond donors (Lipinski definition) is 0. The van der Waals surface area contributed by atoms with Gasteiger partial charge in [0.1, 0.15) is 23.5 Å². The van der Waals surface area contributed by atoms with Crippen LogP contribution in [-0.4, -0.2) is 62.9 Å². The number of benzene rings is 1. The number of nitrogens with zero attached hydrogens (tertiary/aromatic N) is 9. The summed E-state index contributed by atoms with van der Waals surface area (Å²) in [6.45, 7) is 2.44. The smallest absolute Gasteiger partial charge is 0.306 e. The number of carbonyl (C=O) groups is 2. The molecule has 4 heterocycles. The Morgan fingerprint density at radius 2 is 1.98 bits per heavy atom. The van der Waals surface area contributed by atoms with Crippen LogP contribution in [0.1, 0.15) is 71.4 Å². The molecule has 14 heteroatoms. The lowest BCUT2D eigenvalue weighted by molar-refractivity contribution is -0.143. The number of tetrazole rings is 1. The predicted octanol–water partition coefficient (Wildman–Crippen LogP) is 3.93. The topological polar surface area (TPSA) is 135 Å². The molecular formula is C28H27ClFN9O3. The van der Waals surface area contributed by atoms with Gasteiger partial charge in [0.2, 0.25) is 0 Å². The number of carbonyl (C=O) groups excluding carboxylic acids is 2. The van der Waals surface area contributed by atoms with Gasteiger partial charge < -0.3 is 9.14 Å². The van der Waals surface area contributed by atoms with Crippen LogP contribution in [0.25, 0.3) is 11.3 Å². The van der Waals surface area contributed by atoms with Gasteiger partial charge in [0, 0.05) is 30.8 Å². The summed E-state index contributed by atoms with van der Waals surface area (Å²) in [5.41, 5.74) is 4.52. The first-order valence-electron chi connectivity index (χ1n) is 13.7. The molecule has 1 aliphatic carbocycles. The molecule has 5 aromatic rings. The summed E-state index contributed by atoms with van der Waals surface area (Å²) in [5, 5.41) is 19.1. The largest absolute Gasteiger partial charge is 0.466 e. The minimum absolute atomic E-state index is 0.0206. The van der Waals surface area contributed by atoms with Gasteiger partial charge >= 0.3 is 5.97 Å². The molecule has 1 aliphatic rings. The molecule has 0 saturated heterocycles. The maximum absolute atomic E-state index is 14.9. The molecule has 6 rings (SSSR count). The molecule has 0 spiro atoms. The van der Waals surface area contributed by atoms with E-state index in [0.717, 1.165) is 29.7 Å². The highest BCUT2D eigenvalue weighted by molar-refractivity contribution is 6.30. The molecule has 216 valence electrons. The molecule has 4 aromatic heterocycles. The van der Waals surface area contributed by atoms with Crippen LogP contribution in [0.5, 0.6) is 0 Å². The third-order valence-corrected chi connectivity index (χ3v) is 7.46. The van der Waals surface area contributed by atoms with E-state index >= 15 is 0 Å². The average molecular weight is 592 g/mol. The molecule has 1 fully saturated rings.